The predicted molar refractivity (Wildman–Crippen MR) is 128 cm³/mol. The molecule has 2 rings (SSSR count). The van der Waals surface area contributed by atoms with Crippen molar-refractivity contribution in [2.75, 3.05) is 40.6 Å². The molecule has 184 valence electrons. The summed E-state index contributed by atoms with van der Waals surface area (Å²) in [5.41, 5.74) is 0.625. The summed E-state index contributed by atoms with van der Waals surface area (Å²) in [6.45, 7) is 11.0. The highest BCUT2D eigenvalue weighted by atomic mass is 16.6. The van der Waals surface area contributed by atoms with Crippen molar-refractivity contribution in [3.8, 4) is 11.5 Å². The molecule has 0 fully saturated rings. The number of ether oxygens (including phenoxy) is 6. The maximum absolute atomic E-state index is 11.8. The highest BCUT2D eigenvalue weighted by molar-refractivity contribution is 5.87. The Morgan fingerprint density at radius 1 is 0.706 bits per heavy atom. The highest BCUT2D eigenvalue weighted by Crippen LogP contribution is 2.25. The summed E-state index contributed by atoms with van der Waals surface area (Å²) in [5.74, 6) is 0.277. The molecule has 0 amide bonds. The third-order valence-corrected chi connectivity index (χ3v) is 4.60. The number of esters is 2. The van der Waals surface area contributed by atoms with E-state index in [1.807, 2.05) is 36.4 Å². The van der Waals surface area contributed by atoms with Crippen molar-refractivity contribution in [1.82, 2.24) is 0 Å². The van der Waals surface area contributed by atoms with Crippen molar-refractivity contribution in [2.24, 2.45) is 0 Å². The Morgan fingerprint density at radius 3 is 1.41 bits per heavy atom. The van der Waals surface area contributed by atoms with Gasteiger partial charge in [-0.15, -0.1) is 0 Å². The number of carbonyl (C=O) groups excluding carboxylic acids is 2. The predicted octanol–water partition coefficient (Wildman–Crippen LogP) is 3.87. The zero-order valence-electron chi connectivity index (χ0n) is 20.1. The van der Waals surface area contributed by atoms with Gasteiger partial charge in [0.25, 0.3) is 0 Å². The summed E-state index contributed by atoms with van der Waals surface area (Å²) in [4.78, 5) is 23.6. The van der Waals surface area contributed by atoms with Gasteiger partial charge in [0.05, 0.1) is 13.2 Å². The summed E-state index contributed by atoms with van der Waals surface area (Å²) in [5, 5.41) is 1.88. The molecule has 8 heteroatoms. The number of rotatable bonds is 14. The smallest absolute Gasteiger partial charge is 0.333 e. The summed E-state index contributed by atoms with van der Waals surface area (Å²) >= 11 is 0. The quantitative estimate of drug-likeness (QED) is 0.302. The lowest BCUT2D eigenvalue weighted by atomic mass is 10.1. The summed E-state index contributed by atoms with van der Waals surface area (Å²) < 4.78 is 32.5. The van der Waals surface area contributed by atoms with E-state index in [0.29, 0.717) is 22.6 Å². The zero-order valence-corrected chi connectivity index (χ0v) is 20.1. The zero-order chi connectivity index (χ0) is 25.1. The second-order valence-corrected chi connectivity index (χ2v) is 7.82. The second kappa shape index (κ2) is 13.4. The van der Waals surface area contributed by atoms with E-state index >= 15 is 0 Å². The number of hydrogen-bond acceptors (Lipinski definition) is 8. The summed E-state index contributed by atoms with van der Waals surface area (Å²) in [7, 11) is 3.05. The Balaban J connectivity index is 2.00. The van der Waals surface area contributed by atoms with E-state index in [1.54, 1.807) is 13.8 Å². The van der Waals surface area contributed by atoms with Gasteiger partial charge in [-0.05, 0) is 48.9 Å². The average Bonchev–Trinajstić information content (AvgIpc) is 2.80. The number of methoxy groups -OCH3 is 2. The monoisotopic (exact) mass is 472 g/mol. The standard InChI is InChI=1S/C26H32O8/c1-17(2)25(27)33-23(13-29-5)15-31-21-9-7-20-12-22(10-8-19(20)11-21)32-16-24(14-30-6)34-26(28)18(3)4/h7-12,23-24H,1,3,13-16H2,2,4-6H3. The van der Waals surface area contributed by atoms with Gasteiger partial charge in [-0.1, -0.05) is 25.3 Å². The van der Waals surface area contributed by atoms with E-state index < -0.39 is 24.1 Å². The van der Waals surface area contributed by atoms with Crippen LogP contribution in [0.25, 0.3) is 10.8 Å². The van der Waals surface area contributed by atoms with Crippen LogP contribution >= 0.6 is 0 Å². The number of hydrogen-bond donors (Lipinski definition) is 0. The molecular formula is C26H32O8. The van der Waals surface area contributed by atoms with Crippen LogP contribution in [-0.2, 0) is 28.5 Å². The van der Waals surface area contributed by atoms with Gasteiger partial charge in [0.15, 0.2) is 12.2 Å². The molecule has 0 aliphatic heterocycles. The van der Waals surface area contributed by atoms with E-state index in [2.05, 4.69) is 13.2 Å². The molecule has 2 atom stereocenters. The van der Waals surface area contributed by atoms with Gasteiger partial charge < -0.3 is 28.4 Å². The molecule has 0 N–H and O–H groups in total. The van der Waals surface area contributed by atoms with E-state index in [1.165, 1.54) is 14.2 Å². The molecule has 0 saturated heterocycles. The van der Waals surface area contributed by atoms with Gasteiger partial charge in [0.2, 0.25) is 0 Å². The van der Waals surface area contributed by atoms with Crippen LogP contribution in [0.2, 0.25) is 0 Å². The fourth-order valence-corrected chi connectivity index (χ4v) is 2.87. The van der Waals surface area contributed by atoms with Crippen LogP contribution in [0.4, 0.5) is 0 Å². The third kappa shape index (κ3) is 8.53. The molecule has 0 heterocycles. The summed E-state index contributed by atoms with van der Waals surface area (Å²) in [6, 6.07) is 11.2. The van der Waals surface area contributed by atoms with Crippen molar-refractivity contribution in [3.63, 3.8) is 0 Å². The Kier molecular flexibility index (Phi) is 10.6. The Labute approximate surface area is 200 Å². The van der Waals surface area contributed by atoms with Crippen molar-refractivity contribution in [3.05, 3.63) is 60.7 Å². The molecule has 0 aliphatic rings. The van der Waals surface area contributed by atoms with Crippen molar-refractivity contribution >= 4 is 22.7 Å². The third-order valence-electron chi connectivity index (χ3n) is 4.60. The summed E-state index contributed by atoms with van der Waals surface area (Å²) in [6.07, 6.45) is -1.11. The molecular weight excluding hydrogens is 440 g/mol. The van der Waals surface area contributed by atoms with Crippen LogP contribution < -0.4 is 9.47 Å². The van der Waals surface area contributed by atoms with E-state index in [9.17, 15) is 9.59 Å². The molecule has 34 heavy (non-hydrogen) atoms. The Morgan fingerprint density at radius 2 is 1.09 bits per heavy atom. The molecule has 2 unspecified atom stereocenters. The molecule has 2 aromatic carbocycles. The van der Waals surface area contributed by atoms with Gasteiger partial charge >= 0.3 is 11.9 Å². The first-order valence-electron chi connectivity index (χ1n) is 10.7. The maximum atomic E-state index is 11.8. The lowest BCUT2D eigenvalue weighted by Gasteiger charge is -2.18. The van der Waals surface area contributed by atoms with Crippen LogP contribution in [0.5, 0.6) is 11.5 Å². The van der Waals surface area contributed by atoms with Crippen molar-refractivity contribution < 1.29 is 38.0 Å². The van der Waals surface area contributed by atoms with Gasteiger partial charge in [0, 0.05) is 25.4 Å². The molecule has 0 bridgehead atoms. The lowest BCUT2D eigenvalue weighted by molar-refractivity contribution is -0.149. The van der Waals surface area contributed by atoms with Gasteiger partial charge in [-0.25, -0.2) is 9.59 Å². The molecule has 0 spiro atoms. The molecule has 0 aliphatic carbocycles. The topological polar surface area (TPSA) is 89.5 Å². The second-order valence-electron chi connectivity index (χ2n) is 7.82. The highest BCUT2D eigenvalue weighted by Gasteiger charge is 2.17. The van der Waals surface area contributed by atoms with Gasteiger partial charge in [-0.2, -0.15) is 0 Å². The van der Waals surface area contributed by atoms with Crippen LogP contribution in [0.3, 0.4) is 0 Å². The van der Waals surface area contributed by atoms with Crippen molar-refractivity contribution in [2.45, 2.75) is 26.1 Å². The molecule has 0 saturated carbocycles. The van der Waals surface area contributed by atoms with Crippen LogP contribution in [0.15, 0.2) is 60.7 Å². The maximum Gasteiger partial charge on any atom is 0.333 e. The Hall–Kier alpha value is -3.36. The number of benzene rings is 2. The Bertz CT molecular complexity index is 932. The molecule has 0 radical (unpaired) electrons. The first-order chi connectivity index (χ1) is 16.2. The minimum atomic E-state index is -0.556. The largest absolute Gasteiger partial charge is 0.490 e. The average molecular weight is 473 g/mol. The fourth-order valence-electron chi connectivity index (χ4n) is 2.87. The first kappa shape index (κ1) is 26.9. The normalized spacial score (nSPS) is 12.5. The lowest BCUT2D eigenvalue weighted by Crippen LogP contribution is -2.29. The molecule has 0 aromatic heterocycles. The van der Waals surface area contributed by atoms with Crippen LogP contribution in [-0.4, -0.2) is 64.8 Å². The fraction of sp³-hybridized carbons (Fsp3) is 0.385. The van der Waals surface area contributed by atoms with Crippen LogP contribution in [0, 0.1) is 0 Å². The minimum Gasteiger partial charge on any atom is -0.490 e. The molecule has 2 aromatic rings. The van der Waals surface area contributed by atoms with Gasteiger partial charge in [-0.3, -0.25) is 0 Å². The molecule has 8 nitrogen and oxygen atoms in total. The first-order valence-corrected chi connectivity index (χ1v) is 10.7. The van der Waals surface area contributed by atoms with Crippen molar-refractivity contribution in [1.29, 1.82) is 0 Å². The van der Waals surface area contributed by atoms with E-state index in [-0.39, 0.29) is 26.4 Å². The number of fused-ring (bicyclic) bond motifs is 1. The van der Waals surface area contributed by atoms with E-state index in [4.69, 9.17) is 28.4 Å². The number of carbonyl (C=O) groups is 2. The SMILES string of the molecule is C=C(C)C(=O)OC(COC)COc1ccc2cc(OCC(COC)OC(=O)C(=C)C)ccc2c1. The van der Waals surface area contributed by atoms with Crippen LogP contribution in [0.1, 0.15) is 13.8 Å². The van der Waals surface area contributed by atoms with E-state index in [0.717, 1.165) is 10.8 Å². The van der Waals surface area contributed by atoms with Gasteiger partial charge in [0.1, 0.15) is 24.7 Å². The minimum absolute atomic E-state index is 0.142.